The van der Waals surface area contributed by atoms with Crippen molar-refractivity contribution in [2.45, 2.75) is 6.36 Å². The lowest BCUT2D eigenvalue weighted by molar-refractivity contribution is -0.274. The number of carbonyl (C=O) groups excluding carboxylic acids is 1. The van der Waals surface area contributed by atoms with E-state index in [0.29, 0.717) is 6.07 Å². The Morgan fingerprint density at radius 1 is 1.00 bits per heavy atom. The zero-order chi connectivity index (χ0) is 23.8. The maximum atomic E-state index is 14.3. The molecule has 13 heteroatoms. The highest BCUT2D eigenvalue weighted by Gasteiger charge is 2.31. The molecule has 33 heavy (non-hydrogen) atoms. The van der Waals surface area contributed by atoms with Gasteiger partial charge in [0.15, 0.2) is 23.0 Å². The van der Waals surface area contributed by atoms with Crippen LogP contribution in [0.2, 0.25) is 0 Å². The van der Waals surface area contributed by atoms with Crippen molar-refractivity contribution in [2.24, 2.45) is 0 Å². The molecule has 0 saturated heterocycles. The highest BCUT2D eigenvalue weighted by Crippen LogP contribution is 2.32. The lowest BCUT2D eigenvalue weighted by Gasteiger charge is -2.12. The van der Waals surface area contributed by atoms with E-state index in [1.807, 2.05) is 0 Å². The van der Waals surface area contributed by atoms with Crippen molar-refractivity contribution in [1.29, 1.82) is 0 Å². The molecule has 0 atom stereocenters. The third-order valence-electron chi connectivity index (χ3n) is 4.20. The summed E-state index contributed by atoms with van der Waals surface area (Å²) < 4.78 is 74.9. The van der Waals surface area contributed by atoms with Crippen LogP contribution < -0.4 is 20.5 Å². The largest absolute Gasteiger partial charge is 0.573 e. The Morgan fingerprint density at radius 3 is 2.55 bits per heavy atom. The van der Waals surface area contributed by atoms with Crippen molar-refractivity contribution < 1.29 is 36.2 Å². The highest BCUT2D eigenvalue weighted by molar-refractivity contribution is 6.04. The number of benzene rings is 2. The van der Waals surface area contributed by atoms with Crippen molar-refractivity contribution in [1.82, 2.24) is 15.0 Å². The molecular formula is C20H11F5N4O4. The Hall–Kier alpha value is -4.42. The first-order valence-electron chi connectivity index (χ1n) is 9.00. The molecular weight excluding hydrogens is 455 g/mol. The monoisotopic (exact) mass is 466 g/mol. The normalized spacial score (nSPS) is 11.4. The summed E-state index contributed by atoms with van der Waals surface area (Å²) in [6.07, 6.45) is -3.69. The van der Waals surface area contributed by atoms with Gasteiger partial charge in [-0.1, -0.05) is 6.07 Å². The summed E-state index contributed by atoms with van der Waals surface area (Å²) in [5.41, 5.74) is -1.11. The zero-order valence-corrected chi connectivity index (χ0v) is 16.1. The van der Waals surface area contributed by atoms with Crippen molar-refractivity contribution in [3.63, 3.8) is 0 Å². The number of alkyl halides is 3. The molecule has 0 bridgehead atoms. The van der Waals surface area contributed by atoms with Gasteiger partial charge in [0.05, 0.1) is 5.69 Å². The quantitative estimate of drug-likeness (QED) is 0.376. The Kier molecular flexibility index (Phi) is 5.45. The Morgan fingerprint density at radius 2 is 1.79 bits per heavy atom. The molecule has 4 aromatic rings. The fraction of sp³-hybridized carbons (Fsp3) is 0.0500. The fourth-order valence-electron chi connectivity index (χ4n) is 2.85. The van der Waals surface area contributed by atoms with E-state index in [1.165, 1.54) is 18.3 Å². The second kappa shape index (κ2) is 8.26. The second-order valence-corrected chi connectivity index (χ2v) is 6.51. The molecule has 2 aromatic heterocycles. The van der Waals surface area contributed by atoms with Gasteiger partial charge in [-0.2, -0.15) is 0 Å². The molecule has 0 unspecified atom stereocenters. The molecule has 0 fully saturated rings. The van der Waals surface area contributed by atoms with E-state index in [4.69, 9.17) is 4.74 Å². The summed E-state index contributed by atoms with van der Waals surface area (Å²) in [4.78, 5) is 32.6. The number of nitrogens with zero attached hydrogens (tertiary/aromatic N) is 1. The third kappa shape index (κ3) is 4.92. The van der Waals surface area contributed by atoms with E-state index < -0.39 is 46.8 Å². The molecule has 0 aliphatic carbocycles. The lowest BCUT2D eigenvalue weighted by Crippen LogP contribution is -2.18. The Balaban J connectivity index is 1.60. The molecule has 0 saturated carbocycles. The zero-order valence-electron chi connectivity index (χ0n) is 16.1. The average molecular weight is 466 g/mol. The molecule has 4 rings (SSSR count). The minimum absolute atomic E-state index is 0.0156. The van der Waals surface area contributed by atoms with Crippen LogP contribution in [0.1, 0.15) is 10.4 Å². The van der Waals surface area contributed by atoms with Gasteiger partial charge >= 0.3 is 12.1 Å². The van der Waals surface area contributed by atoms with Gasteiger partial charge in [-0.15, -0.1) is 13.2 Å². The number of rotatable bonds is 5. The standard InChI is InChI=1S/C20H11F5N4O4/c21-11-7-12(22)15(32-14-4-5-26-17-16(14)28-19(31)29-17)8-13(11)27-18(30)9-2-1-3-10(6-9)33-20(23,24)25/h1-8H,(H,27,30)(H2,26,28,29,31). The van der Waals surface area contributed by atoms with E-state index >= 15 is 0 Å². The van der Waals surface area contributed by atoms with Crippen LogP contribution in [-0.4, -0.2) is 27.2 Å². The van der Waals surface area contributed by atoms with Gasteiger partial charge in [0.25, 0.3) is 5.91 Å². The summed E-state index contributed by atoms with van der Waals surface area (Å²) in [6.45, 7) is 0. The number of imidazole rings is 1. The summed E-state index contributed by atoms with van der Waals surface area (Å²) in [5.74, 6) is -4.44. The number of anilines is 1. The van der Waals surface area contributed by atoms with Gasteiger partial charge in [0, 0.05) is 30.0 Å². The lowest BCUT2D eigenvalue weighted by atomic mass is 10.2. The van der Waals surface area contributed by atoms with Crippen LogP contribution in [-0.2, 0) is 0 Å². The van der Waals surface area contributed by atoms with Gasteiger partial charge in [-0.05, 0) is 18.2 Å². The highest BCUT2D eigenvalue weighted by atomic mass is 19.4. The Labute approximate surface area is 180 Å². The molecule has 170 valence electrons. The minimum Gasteiger partial charge on any atom is -0.452 e. The Bertz CT molecular complexity index is 1410. The summed E-state index contributed by atoms with van der Waals surface area (Å²) in [5, 5.41) is 2.14. The van der Waals surface area contributed by atoms with Gasteiger partial charge < -0.3 is 19.8 Å². The molecule has 0 spiro atoms. The fourth-order valence-corrected chi connectivity index (χ4v) is 2.85. The number of pyridine rings is 1. The predicted molar refractivity (Wildman–Crippen MR) is 104 cm³/mol. The number of fused-ring (bicyclic) bond motifs is 1. The van der Waals surface area contributed by atoms with E-state index in [1.54, 1.807) is 0 Å². The number of ether oxygens (including phenoxy) is 2. The molecule has 1 amide bonds. The summed E-state index contributed by atoms with van der Waals surface area (Å²) in [6, 6.07) is 6.71. The maximum absolute atomic E-state index is 14.3. The van der Waals surface area contributed by atoms with Crippen molar-refractivity contribution in [2.75, 3.05) is 5.32 Å². The van der Waals surface area contributed by atoms with Crippen LogP contribution in [0, 0.1) is 11.6 Å². The average Bonchev–Trinajstić information content (AvgIpc) is 3.11. The molecule has 0 radical (unpaired) electrons. The summed E-state index contributed by atoms with van der Waals surface area (Å²) in [7, 11) is 0. The van der Waals surface area contributed by atoms with E-state index in [9.17, 15) is 31.5 Å². The number of halogens is 5. The predicted octanol–water partition coefficient (Wildman–Crippen LogP) is 4.47. The topological polar surface area (TPSA) is 109 Å². The molecule has 8 nitrogen and oxygen atoms in total. The van der Waals surface area contributed by atoms with Crippen molar-refractivity contribution >= 4 is 22.8 Å². The van der Waals surface area contributed by atoms with E-state index in [-0.39, 0.29) is 22.5 Å². The van der Waals surface area contributed by atoms with Crippen LogP contribution in [0.4, 0.5) is 27.6 Å². The molecule has 2 aromatic carbocycles. The van der Waals surface area contributed by atoms with Crippen LogP contribution in [0.5, 0.6) is 17.2 Å². The van der Waals surface area contributed by atoms with Gasteiger partial charge in [0.2, 0.25) is 0 Å². The molecule has 0 aliphatic heterocycles. The maximum Gasteiger partial charge on any atom is 0.573 e. The number of hydrogen-bond acceptors (Lipinski definition) is 5. The third-order valence-corrected chi connectivity index (χ3v) is 4.20. The van der Waals surface area contributed by atoms with Crippen LogP contribution in [0.3, 0.4) is 0 Å². The molecule has 0 aliphatic rings. The van der Waals surface area contributed by atoms with Gasteiger partial charge in [0.1, 0.15) is 17.1 Å². The number of aromatic nitrogens is 3. The first kappa shape index (κ1) is 21.8. The van der Waals surface area contributed by atoms with Gasteiger partial charge in [-0.3, -0.25) is 9.78 Å². The van der Waals surface area contributed by atoms with Crippen LogP contribution >= 0.6 is 0 Å². The van der Waals surface area contributed by atoms with E-state index in [0.717, 1.165) is 24.3 Å². The number of aromatic amines is 2. The SMILES string of the molecule is O=C(Nc1cc(Oc2ccnc3[nH]c(=O)[nH]c23)c(F)cc1F)c1cccc(OC(F)(F)F)c1. The van der Waals surface area contributed by atoms with Crippen LogP contribution in [0.15, 0.2) is 53.5 Å². The molecule has 2 heterocycles. The van der Waals surface area contributed by atoms with Gasteiger partial charge in [-0.25, -0.2) is 18.6 Å². The number of amides is 1. The minimum atomic E-state index is -4.97. The molecule has 3 N–H and O–H groups in total. The second-order valence-electron chi connectivity index (χ2n) is 6.51. The number of hydrogen-bond donors (Lipinski definition) is 3. The number of carbonyl (C=O) groups is 1. The number of nitrogens with one attached hydrogen (secondary N) is 3. The summed E-state index contributed by atoms with van der Waals surface area (Å²) >= 11 is 0. The smallest absolute Gasteiger partial charge is 0.452 e. The number of H-pyrrole nitrogens is 2. The van der Waals surface area contributed by atoms with Crippen molar-refractivity contribution in [3.8, 4) is 17.2 Å². The van der Waals surface area contributed by atoms with Crippen LogP contribution in [0.25, 0.3) is 11.2 Å². The first-order chi connectivity index (χ1) is 15.6. The van der Waals surface area contributed by atoms with E-state index in [2.05, 4.69) is 25.0 Å². The van der Waals surface area contributed by atoms with Crippen molar-refractivity contribution in [3.05, 3.63) is 76.3 Å². The first-order valence-corrected chi connectivity index (χ1v) is 9.00.